The number of pyridine rings is 1. The van der Waals surface area contributed by atoms with Crippen molar-refractivity contribution in [2.45, 2.75) is 25.4 Å². The summed E-state index contributed by atoms with van der Waals surface area (Å²) in [5, 5.41) is 4.19. The lowest BCUT2D eigenvalue weighted by molar-refractivity contribution is 0.194. The van der Waals surface area contributed by atoms with E-state index in [4.69, 9.17) is 11.6 Å². The first-order valence-corrected chi connectivity index (χ1v) is 7.14. The Bertz CT molecular complexity index is 560. The number of nitrogens with zero attached hydrogens (tertiary/aromatic N) is 3. The predicted molar refractivity (Wildman–Crippen MR) is 77.6 cm³/mol. The molecule has 0 amide bonds. The van der Waals surface area contributed by atoms with E-state index in [2.05, 4.69) is 28.4 Å². The Morgan fingerprint density at radius 1 is 1.47 bits per heavy atom. The van der Waals surface area contributed by atoms with Crippen molar-refractivity contribution >= 4 is 17.2 Å². The van der Waals surface area contributed by atoms with Gasteiger partial charge in [0.15, 0.2) is 0 Å². The molecular weight excluding hydrogens is 260 g/mol. The maximum absolute atomic E-state index is 5.99. The largest absolute Gasteiger partial charge is 0.315 e. The lowest BCUT2D eigenvalue weighted by atomic mass is 10.1. The van der Waals surface area contributed by atoms with Crippen LogP contribution < -0.4 is 5.32 Å². The number of imidazole rings is 1. The Balaban J connectivity index is 1.73. The van der Waals surface area contributed by atoms with Crippen LogP contribution in [0.1, 0.15) is 18.5 Å². The number of hydrogen-bond acceptors (Lipinski definition) is 3. The molecule has 1 unspecified atom stereocenters. The summed E-state index contributed by atoms with van der Waals surface area (Å²) < 4.78 is 1.99. The highest BCUT2D eigenvalue weighted by atomic mass is 35.5. The van der Waals surface area contributed by atoms with Gasteiger partial charge in [-0.1, -0.05) is 11.6 Å². The van der Waals surface area contributed by atoms with E-state index in [1.165, 1.54) is 12.8 Å². The van der Waals surface area contributed by atoms with Crippen molar-refractivity contribution in [2.75, 3.05) is 20.1 Å². The minimum Gasteiger partial charge on any atom is -0.315 e. The second-order valence-electron chi connectivity index (χ2n) is 5.26. The number of nitrogens with one attached hydrogen (secondary N) is 1. The molecule has 1 saturated heterocycles. The molecule has 19 heavy (non-hydrogen) atoms. The summed E-state index contributed by atoms with van der Waals surface area (Å²) in [4.78, 5) is 7.02. The first-order chi connectivity index (χ1) is 9.22. The van der Waals surface area contributed by atoms with E-state index in [1.807, 2.05) is 22.7 Å². The van der Waals surface area contributed by atoms with Gasteiger partial charge in [0.05, 0.1) is 10.7 Å². The number of likely N-dealkylation sites (N-methyl/N-ethyl adjacent to an activating group) is 1. The molecule has 3 rings (SSSR count). The van der Waals surface area contributed by atoms with Crippen LogP contribution in [0.3, 0.4) is 0 Å². The fraction of sp³-hybridized carbons (Fsp3) is 0.500. The van der Waals surface area contributed by atoms with E-state index in [9.17, 15) is 0 Å². The summed E-state index contributed by atoms with van der Waals surface area (Å²) in [6.07, 6.45) is 6.49. The van der Waals surface area contributed by atoms with Gasteiger partial charge in [-0.25, -0.2) is 4.98 Å². The third-order valence-electron chi connectivity index (χ3n) is 3.77. The van der Waals surface area contributed by atoms with Gasteiger partial charge in [-0.3, -0.25) is 4.90 Å². The van der Waals surface area contributed by atoms with Gasteiger partial charge in [0.2, 0.25) is 0 Å². The molecule has 1 aliphatic heterocycles. The highest BCUT2D eigenvalue weighted by Gasteiger charge is 2.18. The van der Waals surface area contributed by atoms with Crippen LogP contribution in [0.2, 0.25) is 5.02 Å². The first kappa shape index (κ1) is 12.9. The van der Waals surface area contributed by atoms with Gasteiger partial charge in [0, 0.05) is 31.5 Å². The molecule has 0 aromatic carbocycles. The summed E-state index contributed by atoms with van der Waals surface area (Å²) in [7, 11) is 2.18. The van der Waals surface area contributed by atoms with Crippen LogP contribution in [0.5, 0.6) is 0 Å². The van der Waals surface area contributed by atoms with Gasteiger partial charge in [-0.05, 0) is 38.6 Å². The van der Waals surface area contributed by atoms with Gasteiger partial charge < -0.3 is 9.72 Å². The molecule has 1 N–H and O–H groups in total. The third kappa shape index (κ3) is 2.91. The van der Waals surface area contributed by atoms with Crippen LogP contribution in [-0.2, 0) is 6.54 Å². The number of fused-ring (bicyclic) bond motifs is 1. The zero-order valence-corrected chi connectivity index (χ0v) is 11.9. The fourth-order valence-corrected chi connectivity index (χ4v) is 2.86. The zero-order chi connectivity index (χ0) is 13.2. The Morgan fingerprint density at radius 3 is 3.16 bits per heavy atom. The maximum Gasteiger partial charge on any atom is 0.137 e. The number of piperidine rings is 1. The summed E-state index contributed by atoms with van der Waals surface area (Å²) in [5.74, 6) is 0. The Labute approximate surface area is 118 Å². The van der Waals surface area contributed by atoms with Crippen LogP contribution in [0, 0.1) is 0 Å². The second kappa shape index (κ2) is 5.49. The number of aromatic nitrogens is 2. The molecule has 2 aromatic rings. The Hall–Kier alpha value is -1.10. The summed E-state index contributed by atoms with van der Waals surface area (Å²) in [6, 6.07) is 4.44. The number of rotatable bonds is 3. The lowest BCUT2D eigenvalue weighted by Crippen LogP contribution is -2.43. The third-order valence-corrected chi connectivity index (χ3v) is 3.99. The van der Waals surface area contributed by atoms with Gasteiger partial charge >= 0.3 is 0 Å². The van der Waals surface area contributed by atoms with Crippen LogP contribution in [0.4, 0.5) is 0 Å². The second-order valence-corrected chi connectivity index (χ2v) is 5.70. The van der Waals surface area contributed by atoms with E-state index in [0.29, 0.717) is 6.04 Å². The summed E-state index contributed by atoms with van der Waals surface area (Å²) in [5.41, 5.74) is 2.05. The Morgan fingerprint density at radius 2 is 2.37 bits per heavy atom. The van der Waals surface area contributed by atoms with E-state index < -0.39 is 0 Å². The number of halogens is 1. The molecule has 1 aliphatic rings. The molecule has 1 fully saturated rings. The molecule has 0 bridgehead atoms. The molecule has 0 saturated carbocycles. The normalized spacial score (nSPS) is 20.3. The molecule has 2 aromatic heterocycles. The number of hydrogen-bond donors (Lipinski definition) is 1. The predicted octanol–water partition coefficient (Wildman–Crippen LogP) is 2.17. The molecule has 102 valence electrons. The first-order valence-electron chi connectivity index (χ1n) is 6.76. The van der Waals surface area contributed by atoms with Crippen LogP contribution in [0.15, 0.2) is 24.5 Å². The van der Waals surface area contributed by atoms with Crippen molar-refractivity contribution in [2.24, 2.45) is 0 Å². The topological polar surface area (TPSA) is 32.6 Å². The van der Waals surface area contributed by atoms with E-state index >= 15 is 0 Å². The Kier molecular flexibility index (Phi) is 3.73. The van der Waals surface area contributed by atoms with Crippen molar-refractivity contribution in [3.8, 4) is 0 Å². The highest BCUT2D eigenvalue weighted by molar-refractivity contribution is 6.30. The standard InChI is InChI=1S/C14H19ClN4/c1-18(13-3-2-6-16-7-13)9-12-10-19-8-11(15)4-5-14(19)17-12/h4-5,8,10,13,16H,2-3,6-7,9H2,1H3. The van der Waals surface area contributed by atoms with Crippen LogP contribution >= 0.6 is 11.6 Å². The lowest BCUT2D eigenvalue weighted by Gasteiger charge is -2.31. The molecule has 0 spiro atoms. The minimum atomic E-state index is 0.613. The molecular formula is C14H19ClN4. The quantitative estimate of drug-likeness (QED) is 0.934. The van der Waals surface area contributed by atoms with Crippen LogP contribution in [-0.4, -0.2) is 40.5 Å². The molecule has 1 atom stereocenters. The molecule has 4 nitrogen and oxygen atoms in total. The van der Waals surface area contributed by atoms with E-state index in [0.717, 1.165) is 36.0 Å². The maximum atomic E-state index is 5.99. The zero-order valence-electron chi connectivity index (χ0n) is 11.1. The molecule has 0 aliphatic carbocycles. The van der Waals surface area contributed by atoms with Gasteiger partial charge in [-0.15, -0.1) is 0 Å². The van der Waals surface area contributed by atoms with Crippen LogP contribution in [0.25, 0.3) is 5.65 Å². The van der Waals surface area contributed by atoms with Crippen molar-refractivity contribution in [3.05, 3.63) is 35.2 Å². The molecule has 5 heteroatoms. The van der Waals surface area contributed by atoms with Crippen molar-refractivity contribution < 1.29 is 0 Å². The highest BCUT2D eigenvalue weighted by Crippen LogP contribution is 2.15. The summed E-state index contributed by atoms with van der Waals surface area (Å²) in [6.45, 7) is 3.11. The average Bonchev–Trinajstić information content (AvgIpc) is 2.81. The minimum absolute atomic E-state index is 0.613. The monoisotopic (exact) mass is 278 g/mol. The van der Waals surface area contributed by atoms with Gasteiger partial charge in [-0.2, -0.15) is 0 Å². The SMILES string of the molecule is CN(Cc1cn2cc(Cl)ccc2n1)C1CCCNC1. The average molecular weight is 279 g/mol. The van der Waals surface area contributed by atoms with Crippen molar-refractivity contribution in [1.29, 1.82) is 0 Å². The van der Waals surface area contributed by atoms with E-state index in [-0.39, 0.29) is 0 Å². The smallest absolute Gasteiger partial charge is 0.137 e. The van der Waals surface area contributed by atoms with Crippen molar-refractivity contribution in [1.82, 2.24) is 19.6 Å². The fourth-order valence-electron chi connectivity index (χ4n) is 2.69. The van der Waals surface area contributed by atoms with Crippen molar-refractivity contribution in [3.63, 3.8) is 0 Å². The van der Waals surface area contributed by atoms with Gasteiger partial charge in [0.1, 0.15) is 5.65 Å². The van der Waals surface area contributed by atoms with E-state index in [1.54, 1.807) is 0 Å². The van der Waals surface area contributed by atoms with Gasteiger partial charge in [0.25, 0.3) is 0 Å². The summed E-state index contributed by atoms with van der Waals surface area (Å²) >= 11 is 5.99. The molecule has 0 radical (unpaired) electrons. The molecule has 3 heterocycles.